The fraction of sp³-hybridized carbons (Fsp3) is 0.0769. The van der Waals surface area contributed by atoms with E-state index >= 15 is 0 Å². The average molecular weight is 212 g/mol. The zero-order valence-electron chi connectivity index (χ0n) is 8.96. The Labute approximate surface area is 94.1 Å². The van der Waals surface area contributed by atoms with Crippen LogP contribution < -0.4 is 0 Å². The third-order valence-electron chi connectivity index (χ3n) is 2.27. The van der Waals surface area contributed by atoms with Crippen LogP contribution in [0, 0.1) is 6.92 Å². The van der Waals surface area contributed by atoms with Crippen LogP contribution in [0.15, 0.2) is 47.7 Å². The van der Waals surface area contributed by atoms with E-state index in [0.29, 0.717) is 5.56 Å². The lowest BCUT2D eigenvalue weighted by Crippen LogP contribution is -1.84. The number of aliphatic imine (C=N–C) groups is 1. The number of phenolic OH excluding ortho intramolecular Hbond substituents is 1. The van der Waals surface area contributed by atoms with E-state index < -0.39 is 0 Å². The highest BCUT2D eigenvalue weighted by Gasteiger charge is 1.99. The van der Waals surface area contributed by atoms with E-state index in [0.717, 1.165) is 11.3 Å². The lowest BCUT2D eigenvalue weighted by atomic mass is 10.1. The molecule has 80 valence electrons. The van der Waals surface area contributed by atoms with Crippen LogP contribution in [0.2, 0.25) is 0 Å². The molecule has 0 fully saturated rings. The Kier molecular flexibility index (Phi) is 2.96. The van der Waals surface area contributed by atoms with Gasteiger partial charge < -0.3 is 5.11 Å². The molecule has 3 heteroatoms. The first kappa shape index (κ1) is 10.4. The highest BCUT2D eigenvalue weighted by Crippen LogP contribution is 2.20. The molecule has 2 rings (SSSR count). The first-order valence-corrected chi connectivity index (χ1v) is 5.00. The van der Waals surface area contributed by atoms with Gasteiger partial charge in [-0.05, 0) is 30.7 Å². The summed E-state index contributed by atoms with van der Waals surface area (Å²) in [5.74, 6) is 0.273. The lowest BCUT2D eigenvalue weighted by Gasteiger charge is -2.01. The van der Waals surface area contributed by atoms with Crippen molar-refractivity contribution in [2.75, 3.05) is 0 Å². The maximum absolute atomic E-state index is 9.77. The molecule has 1 heterocycles. The number of para-hydroxylation sites is 1. The minimum atomic E-state index is 0.273. The van der Waals surface area contributed by atoms with Crippen LogP contribution in [0.25, 0.3) is 0 Å². The molecule has 1 N–H and O–H groups in total. The predicted octanol–water partition coefficient (Wildman–Crippen LogP) is 2.85. The van der Waals surface area contributed by atoms with Crippen molar-refractivity contribution in [3.63, 3.8) is 0 Å². The molecular formula is C13H12N2O. The highest BCUT2D eigenvalue weighted by atomic mass is 16.3. The summed E-state index contributed by atoms with van der Waals surface area (Å²) in [6.07, 6.45) is 5.01. The standard InChI is InChI=1S/C13H12N2O/c1-10-4-2-5-11(13(10)16)8-15-12-6-3-7-14-9-12/h2-9,16H,1H3. The van der Waals surface area contributed by atoms with Gasteiger partial charge in [0.15, 0.2) is 0 Å². The molecule has 0 atom stereocenters. The molecule has 2 aromatic rings. The third kappa shape index (κ3) is 2.25. The second-order valence-electron chi connectivity index (χ2n) is 3.48. The second-order valence-corrected chi connectivity index (χ2v) is 3.48. The van der Waals surface area contributed by atoms with Crippen molar-refractivity contribution in [2.24, 2.45) is 4.99 Å². The number of benzene rings is 1. The molecule has 3 nitrogen and oxygen atoms in total. The maximum atomic E-state index is 9.77. The van der Waals surface area contributed by atoms with Crippen molar-refractivity contribution < 1.29 is 5.11 Å². The van der Waals surface area contributed by atoms with E-state index in [1.165, 1.54) is 0 Å². The topological polar surface area (TPSA) is 45.5 Å². The van der Waals surface area contributed by atoms with E-state index in [1.807, 2.05) is 37.3 Å². The van der Waals surface area contributed by atoms with Gasteiger partial charge in [0.1, 0.15) is 5.75 Å². The van der Waals surface area contributed by atoms with Crippen molar-refractivity contribution in [1.82, 2.24) is 4.98 Å². The first-order chi connectivity index (χ1) is 7.77. The van der Waals surface area contributed by atoms with Crippen molar-refractivity contribution in [3.05, 3.63) is 53.9 Å². The molecule has 0 unspecified atom stereocenters. The minimum absolute atomic E-state index is 0.273. The number of hydrogen-bond acceptors (Lipinski definition) is 3. The minimum Gasteiger partial charge on any atom is -0.507 e. The fourth-order valence-electron chi connectivity index (χ4n) is 1.36. The third-order valence-corrected chi connectivity index (χ3v) is 2.27. The molecule has 1 aromatic heterocycles. The maximum Gasteiger partial charge on any atom is 0.127 e. The molecule has 0 spiro atoms. The Hall–Kier alpha value is -2.16. The van der Waals surface area contributed by atoms with Crippen molar-refractivity contribution in [2.45, 2.75) is 6.92 Å². The number of aromatic hydroxyl groups is 1. The average Bonchev–Trinajstić information content (AvgIpc) is 2.32. The summed E-state index contributed by atoms with van der Waals surface area (Å²) < 4.78 is 0. The van der Waals surface area contributed by atoms with Gasteiger partial charge in [-0.25, -0.2) is 0 Å². The van der Waals surface area contributed by atoms with Gasteiger partial charge in [-0.2, -0.15) is 0 Å². The Bertz CT molecular complexity index is 507. The van der Waals surface area contributed by atoms with Crippen LogP contribution in [-0.4, -0.2) is 16.3 Å². The van der Waals surface area contributed by atoms with E-state index in [1.54, 1.807) is 18.6 Å². The molecule has 0 bridgehead atoms. The number of phenols is 1. The number of nitrogens with zero attached hydrogens (tertiary/aromatic N) is 2. The molecule has 0 aliphatic carbocycles. The van der Waals surface area contributed by atoms with E-state index in [4.69, 9.17) is 0 Å². The second kappa shape index (κ2) is 4.57. The summed E-state index contributed by atoms with van der Waals surface area (Å²) in [5, 5.41) is 9.77. The Balaban J connectivity index is 2.28. The fourth-order valence-corrected chi connectivity index (χ4v) is 1.36. The Morgan fingerprint density at radius 2 is 2.12 bits per heavy atom. The predicted molar refractivity (Wildman–Crippen MR) is 64.3 cm³/mol. The largest absolute Gasteiger partial charge is 0.507 e. The summed E-state index contributed by atoms with van der Waals surface area (Å²) in [5.41, 5.74) is 2.32. The van der Waals surface area contributed by atoms with Gasteiger partial charge in [0.25, 0.3) is 0 Å². The molecule has 0 saturated heterocycles. The van der Waals surface area contributed by atoms with E-state index in [9.17, 15) is 5.11 Å². The number of rotatable bonds is 2. The quantitative estimate of drug-likeness (QED) is 0.778. The molecule has 0 amide bonds. The summed E-state index contributed by atoms with van der Waals surface area (Å²) in [4.78, 5) is 8.19. The van der Waals surface area contributed by atoms with Crippen LogP contribution in [-0.2, 0) is 0 Å². The van der Waals surface area contributed by atoms with Crippen molar-refractivity contribution in [3.8, 4) is 5.75 Å². The van der Waals surface area contributed by atoms with Crippen LogP contribution in [0.4, 0.5) is 5.69 Å². The molecule has 16 heavy (non-hydrogen) atoms. The normalized spacial score (nSPS) is 10.8. The van der Waals surface area contributed by atoms with Crippen LogP contribution in [0.5, 0.6) is 5.75 Å². The van der Waals surface area contributed by atoms with Crippen LogP contribution >= 0.6 is 0 Å². The summed E-state index contributed by atoms with van der Waals surface area (Å²) >= 11 is 0. The zero-order chi connectivity index (χ0) is 11.4. The molecule has 0 radical (unpaired) electrons. The van der Waals surface area contributed by atoms with E-state index in [2.05, 4.69) is 9.98 Å². The van der Waals surface area contributed by atoms with Gasteiger partial charge >= 0.3 is 0 Å². The molecule has 0 aliphatic heterocycles. The van der Waals surface area contributed by atoms with Gasteiger partial charge in [-0.3, -0.25) is 9.98 Å². The van der Waals surface area contributed by atoms with Gasteiger partial charge in [-0.1, -0.05) is 12.1 Å². The highest BCUT2D eigenvalue weighted by molar-refractivity contribution is 5.85. The van der Waals surface area contributed by atoms with Crippen LogP contribution in [0.3, 0.4) is 0 Å². The monoisotopic (exact) mass is 212 g/mol. The number of aryl methyl sites for hydroxylation is 1. The van der Waals surface area contributed by atoms with Gasteiger partial charge in [0, 0.05) is 18.0 Å². The first-order valence-electron chi connectivity index (χ1n) is 5.00. The smallest absolute Gasteiger partial charge is 0.127 e. The lowest BCUT2D eigenvalue weighted by molar-refractivity contribution is 0.470. The van der Waals surface area contributed by atoms with Crippen molar-refractivity contribution >= 4 is 11.9 Å². The molecular weight excluding hydrogens is 200 g/mol. The Morgan fingerprint density at radius 1 is 1.25 bits per heavy atom. The van der Waals surface area contributed by atoms with Crippen molar-refractivity contribution in [1.29, 1.82) is 0 Å². The van der Waals surface area contributed by atoms with Crippen LogP contribution in [0.1, 0.15) is 11.1 Å². The summed E-state index contributed by atoms with van der Waals surface area (Å²) in [6.45, 7) is 1.86. The summed E-state index contributed by atoms with van der Waals surface area (Å²) in [6, 6.07) is 9.25. The van der Waals surface area contributed by atoms with Gasteiger partial charge in [0.2, 0.25) is 0 Å². The number of hydrogen-bond donors (Lipinski definition) is 1. The molecule has 1 aromatic carbocycles. The molecule has 0 saturated carbocycles. The number of pyridine rings is 1. The number of aromatic nitrogens is 1. The zero-order valence-corrected chi connectivity index (χ0v) is 8.96. The molecule has 0 aliphatic rings. The Morgan fingerprint density at radius 3 is 2.88 bits per heavy atom. The van der Waals surface area contributed by atoms with Gasteiger partial charge in [0.05, 0.1) is 11.9 Å². The SMILES string of the molecule is Cc1cccc(C=Nc2cccnc2)c1O. The summed E-state index contributed by atoms with van der Waals surface area (Å²) in [7, 11) is 0. The van der Waals surface area contributed by atoms with Gasteiger partial charge in [-0.15, -0.1) is 0 Å². The van der Waals surface area contributed by atoms with E-state index in [-0.39, 0.29) is 5.75 Å².